The van der Waals surface area contributed by atoms with Gasteiger partial charge in [-0.1, -0.05) is 64.7 Å². The molecule has 1 aromatic heterocycles. The molecule has 0 radical (unpaired) electrons. The molecule has 0 unspecified atom stereocenters. The molecule has 0 aliphatic heterocycles. The van der Waals surface area contributed by atoms with Crippen LogP contribution in [0.1, 0.15) is 88.5 Å². The monoisotopic (exact) mass is 341 g/mol. The maximum Gasteiger partial charge on any atom is 0.357 e. The Morgan fingerprint density at radius 1 is 1.00 bits per heavy atom. The van der Waals surface area contributed by atoms with Gasteiger partial charge in [-0.3, -0.25) is 0 Å². The minimum Gasteiger partial charge on any atom is -0.489 e. The molecule has 0 saturated heterocycles. The van der Waals surface area contributed by atoms with Crippen LogP contribution >= 0.6 is 0 Å². The van der Waals surface area contributed by atoms with E-state index in [0.29, 0.717) is 6.61 Å². The number of hydrogen-bond donors (Lipinski definition) is 1. The van der Waals surface area contributed by atoms with Gasteiger partial charge in [0, 0.05) is 6.20 Å². The summed E-state index contributed by atoms with van der Waals surface area (Å²) in [6, 6.07) is 0. The van der Waals surface area contributed by atoms with E-state index in [1.165, 1.54) is 57.6 Å². The molecule has 0 spiro atoms. The summed E-state index contributed by atoms with van der Waals surface area (Å²) in [5.74, 6) is -1.27. The zero-order valence-electron chi connectivity index (χ0n) is 15.2. The molecule has 1 heterocycles. The molecule has 0 amide bonds. The number of rotatable bonds is 14. The van der Waals surface area contributed by atoms with Crippen LogP contribution in [0.15, 0.2) is 6.20 Å². The van der Waals surface area contributed by atoms with Gasteiger partial charge in [0.1, 0.15) is 0 Å². The highest BCUT2D eigenvalue weighted by molar-refractivity contribution is 5.88. The third kappa shape index (κ3) is 7.84. The standard InChI is InChI=1S/C19H32FNO3/c1-3-5-6-7-8-9-10-11-12-13-14-24-16-15-21-18(17(16)20)19(22)23-4-2/h15,21H,3-14H2,1-2H3. The predicted octanol–water partition coefficient (Wildman–Crippen LogP) is 5.63. The summed E-state index contributed by atoms with van der Waals surface area (Å²) in [5.41, 5.74) is -0.171. The maximum atomic E-state index is 14.0. The van der Waals surface area contributed by atoms with E-state index >= 15 is 0 Å². The van der Waals surface area contributed by atoms with Crippen LogP contribution in [0.2, 0.25) is 0 Å². The summed E-state index contributed by atoms with van der Waals surface area (Å²) < 4.78 is 24.1. The number of halogens is 1. The van der Waals surface area contributed by atoms with Crippen molar-refractivity contribution in [2.75, 3.05) is 13.2 Å². The number of aromatic amines is 1. The minimum absolute atomic E-state index is 0.0916. The van der Waals surface area contributed by atoms with Crippen LogP contribution < -0.4 is 4.74 Å². The highest BCUT2D eigenvalue weighted by atomic mass is 19.1. The van der Waals surface area contributed by atoms with Crippen molar-refractivity contribution >= 4 is 5.97 Å². The molecule has 5 heteroatoms. The van der Waals surface area contributed by atoms with Crippen LogP contribution in [0, 0.1) is 5.82 Å². The number of hydrogen-bond acceptors (Lipinski definition) is 3. The van der Waals surface area contributed by atoms with Gasteiger partial charge in [0.2, 0.25) is 0 Å². The lowest BCUT2D eigenvalue weighted by molar-refractivity contribution is 0.0514. The first-order valence-electron chi connectivity index (χ1n) is 9.37. The highest BCUT2D eigenvalue weighted by Crippen LogP contribution is 2.21. The van der Waals surface area contributed by atoms with Gasteiger partial charge in [-0.15, -0.1) is 0 Å². The van der Waals surface area contributed by atoms with Crippen molar-refractivity contribution in [2.24, 2.45) is 0 Å². The van der Waals surface area contributed by atoms with Gasteiger partial charge in [-0.2, -0.15) is 0 Å². The highest BCUT2D eigenvalue weighted by Gasteiger charge is 2.19. The number of nitrogens with one attached hydrogen (secondary N) is 1. The van der Waals surface area contributed by atoms with Gasteiger partial charge in [0.15, 0.2) is 17.3 Å². The molecule has 1 rings (SSSR count). The van der Waals surface area contributed by atoms with Crippen LogP contribution in [0.3, 0.4) is 0 Å². The van der Waals surface area contributed by atoms with E-state index in [1.54, 1.807) is 6.92 Å². The van der Waals surface area contributed by atoms with Gasteiger partial charge < -0.3 is 14.5 Å². The number of H-pyrrole nitrogens is 1. The van der Waals surface area contributed by atoms with Gasteiger partial charge >= 0.3 is 5.97 Å². The van der Waals surface area contributed by atoms with Crippen molar-refractivity contribution in [1.82, 2.24) is 4.98 Å². The lowest BCUT2D eigenvalue weighted by Gasteiger charge is -2.05. The molecular weight excluding hydrogens is 309 g/mol. The van der Waals surface area contributed by atoms with E-state index < -0.39 is 11.8 Å². The van der Waals surface area contributed by atoms with Crippen molar-refractivity contribution < 1.29 is 18.7 Å². The molecule has 0 bridgehead atoms. The van der Waals surface area contributed by atoms with E-state index in [4.69, 9.17) is 9.47 Å². The number of unbranched alkanes of at least 4 members (excludes halogenated alkanes) is 9. The van der Waals surface area contributed by atoms with Crippen LogP contribution in [0.5, 0.6) is 5.75 Å². The Kier molecular flexibility index (Phi) is 11.0. The number of carbonyl (C=O) groups is 1. The molecule has 4 nitrogen and oxygen atoms in total. The molecule has 0 saturated carbocycles. The first-order chi connectivity index (χ1) is 11.7. The second-order valence-corrected chi connectivity index (χ2v) is 6.09. The Balaban J connectivity index is 2.06. The SMILES string of the molecule is CCCCCCCCCCCCOc1c[nH]c(C(=O)OCC)c1F. The molecule has 0 atom stereocenters. The minimum atomic E-state index is -0.691. The topological polar surface area (TPSA) is 51.3 Å². The quantitative estimate of drug-likeness (QED) is 0.352. The molecule has 1 aromatic rings. The lowest BCUT2D eigenvalue weighted by atomic mass is 10.1. The van der Waals surface area contributed by atoms with Crippen molar-refractivity contribution in [3.8, 4) is 5.75 Å². The smallest absolute Gasteiger partial charge is 0.357 e. The fourth-order valence-electron chi connectivity index (χ4n) is 2.62. The molecule has 0 aromatic carbocycles. The second kappa shape index (κ2) is 12.8. The number of carbonyl (C=O) groups excluding carboxylic acids is 1. The molecular formula is C19H32FNO3. The average Bonchev–Trinajstić information content (AvgIpc) is 2.94. The number of esters is 1. The van der Waals surface area contributed by atoms with Crippen molar-refractivity contribution in [1.29, 1.82) is 0 Å². The van der Waals surface area contributed by atoms with E-state index in [1.807, 2.05) is 0 Å². The number of aromatic nitrogens is 1. The van der Waals surface area contributed by atoms with E-state index in [2.05, 4.69) is 11.9 Å². The summed E-state index contributed by atoms with van der Waals surface area (Å²) in [4.78, 5) is 14.1. The lowest BCUT2D eigenvalue weighted by Crippen LogP contribution is -2.07. The number of ether oxygens (including phenoxy) is 2. The van der Waals surface area contributed by atoms with E-state index in [0.717, 1.165) is 12.8 Å². The summed E-state index contributed by atoms with van der Waals surface area (Å²) >= 11 is 0. The maximum absolute atomic E-state index is 14.0. The Hall–Kier alpha value is -1.52. The third-order valence-corrected chi connectivity index (χ3v) is 4.02. The predicted molar refractivity (Wildman–Crippen MR) is 94.0 cm³/mol. The van der Waals surface area contributed by atoms with Crippen LogP contribution in [0.25, 0.3) is 0 Å². The fourth-order valence-corrected chi connectivity index (χ4v) is 2.62. The summed E-state index contributed by atoms with van der Waals surface area (Å²) in [7, 11) is 0. The van der Waals surface area contributed by atoms with Crippen molar-refractivity contribution in [3.63, 3.8) is 0 Å². The fraction of sp³-hybridized carbons (Fsp3) is 0.737. The Labute approximate surface area is 145 Å². The largest absolute Gasteiger partial charge is 0.489 e. The normalized spacial score (nSPS) is 10.8. The molecule has 0 aliphatic carbocycles. The Morgan fingerprint density at radius 3 is 2.17 bits per heavy atom. The summed E-state index contributed by atoms with van der Waals surface area (Å²) in [6.07, 6.45) is 13.8. The zero-order chi connectivity index (χ0) is 17.6. The molecule has 0 aliphatic rings. The second-order valence-electron chi connectivity index (χ2n) is 6.09. The zero-order valence-corrected chi connectivity index (χ0v) is 15.2. The van der Waals surface area contributed by atoms with Crippen LogP contribution in [-0.2, 0) is 4.74 Å². The van der Waals surface area contributed by atoms with E-state index in [-0.39, 0.29) is 18.1 Å². The summed E-state index contributed by atoms with van der Waals surface area (Å²) in [6.45, 7) is 4.60. The molecule has 0 fully saturated rings. The van der Waals surface area contributed by atoms with E-state index in [9.17, 15) is 9.18 Å². The van der Waals surface area contributed by atoms with Crippen molar-refractivity contribution in [2.45, 2.75) is 78.1 Å². The molecule has 1 N–H and O–H groups in total. The first kappa shape index (κ1) is 20.5. The Bertz CT molecular complexity index is 459. The third-order valence-electron chi connectivity index (χ3n) is 4.02. The molecule has 24 heavy (non-hydrogen) atoms. The average molecular weight is 341 g/mol. The van der Waals surface area contributed by atoms with Gasteiger partial charge in [-0.25, -0.2) is 9.18 Å². The van der Waals surface area contributed by atoms with Gasteiger partial charge in [0.25, 0.3) is 0 Å². The Morgan fingerprint density at radius 2 is 1.58 bits per heavy atom. The van der Waals surface area contributed by atoms with Crippen molar-refractivity contribution in [3.05, 3.63) is 17.7 Å². The first-order valence-corrected chi connectivity index (χ1v) is 9.37. The van der Waals surface area contributed by atoms with Gasteiger partial charge in [-0.05, 0) is 13.3 Å². The summed E-state index contributed by atoms with van der Waals surface area (Å²) in [5, 5.41) is 0. The van der Waals surface area contributed by atoms with Gasteiger partial charge in [0.05, 0.1) is 13.2 Å². The van der Waals surface area contributed by atoms with Crippen LogP contribution in [-0.4, -0.2) is 24.2 Å². The molecule has 138 valence electrons. The van der Waals surface area contributed by atoms with Crippen LogP contribution in [0.4, 0.5) is 4.39 Å².